The number of H-pyrrole nitrogens is 1. The van der Waals surface area contributed by atoms with Crippen molar-refractivity contribution in [3.05, 3.63) is 35.3 Å². The summed E-state index contributed by atoms with van der Waals surface area (Å²) in [5.74, 6) is -0.126. The standard InChI is InChI=1S/C11H12FN/c1-3-8-6-13-11-7(2)4-5-9(12)10(8)11/h4-6,13H,3H2,1-2H3. The molecule has 1 aromatic carbocycles. The molecule has 0 unspecified atom stereocenters. The molecule has 1 nitrogen and oxygen atoms in total. The van der Waals surface area contributed by atoms with Crippen LogP contribution in [0.4, 0.5) is 4.39 Å². The first-order valence-corrected chi connectivity index (χ1v) is 4.49. The van der Waals surface area contributed by atoms with Gasteiger partial charge in [-0.15, -0.1) is 0 Å². The molecule has 68 valence electrons. The summed E-state index contributed by atoms with van der Waals surface area (Å²) < 4.78 is 13.4. The second kappa shape index (κ2) is 2.87. The van der Waals surface area contributed by atoms with Gasteiger partial charge in [-0.25, -0.2) is 4.39 Å². The highest BCUT2D eigenvalue weighted by molar-refractivity contribution is 5.86. The lowest BCUT2D eigenvalue weighted by atomic mass is 10.1. The molecule has 1 N–H and O–H groups in total. The van der Waals surface area contributed by atoms with Gasteiger partial charge in [0.15, 0.2) is 0 Å². The molecule has 0 radical (unpaired) electrons. The first kappa shape index (κ1) is 8.30. The Morgan fingerprint density at radius 1 is 1.38 bits per heavy atom. The summed E-state index contributed by atoms with van der Waals surface area (Å²) in [7, 11) is 0. The van der Waals surface area contributed by atoms with Crippen LogP contribution in [0.25, 0.3) is 10.9 Å². The topological polar surface area (TPSA) is 15.8 Å². The third-order valence-electron chi connectivity index (χ3n) is 2.46. The van der Waals surface area contributed by atoms with Gasteiger partial charge in [0.2, 0.25) is 0 Å². The molecule has 2 rings (SSSR count). The molecule has 0 bridgehead atoms. The lowest BCUT2D eigenvalue weighted by molar-refractivity contribution is 0.639. The fourth-order valence-electron chi connectivity index (χ4n) is 1.69. The molecule has 2 aromatic rings. The highest BCUT2D eigenvalue weighted by Gasteiger charge is 2.08. The quantitative estimate of drug-likeness (QED) is 0.688. The Kier molecular flexibility index (Phi) is 1.83. The van der Waals surface area contributed by atoms with E-state index in [2.05, 4.69) is 4.98 Å². The third kappa shape index (κ3) is 1.13. The number of aromatic nitrogens is 1. The van der Waals surface area contributed by atoms with Crippen LogP contribution in [0.5, 0.6) is 0 Å². The van der Waals surface area contributed by atoms with Gasteiger partial charge < -0.3 is 4.98 Å². The van der Waals surface area contributed by atoms with E-state index in [1.165, 1.54) is 6.07 Å². The van der Waals surface area contributed by atoms with Crippen molar-refractivity contribution >= 4 is 10.9 Å². The van der Waals surface area contributed by atoms with Crippen molar-refractivity contribution in [3.8, 4) is 0 Å². The number of nitrogens with one attached hydrogen (secondary N) is 1. The van der Waals surface area contributed by atoms with Crippen LogP contribution < -0.4 is 0 Å². The van der Waals surface area contributed by atoms with Gasteiger partial charge in [0.25, 0.3) is 0 Å². The van der Waals surface area contributed by atoms with Crippen molar-refractivity contribution < 1.29 is 4.39 Å². The molecule has 1 aromatic heterocycles. The Hall–Kier alpha value is -1.31. The molecule has 0 saturated carbocycles. The van der Waals surface area contributed by atoms with Gasteiger partial charge in [0.05, 0.1) is 5.52 Å². The van der Waals surface area contributed by atoms with Crippen molar-refractivity contribution in [2.75, 3.05) is 0 Å². The molecule has 0 spiro atoms. The van der Waals surface area contributed by atoms with Gasteiger partial charge in [-0.05, 0) is 30.5 Å². The van der Waals surface area contributed by atoms with E-state index in [1.54, 1.807) is 6.07 Å². The highest BCUT2D eigenvalue weighted by atomic mass is 19.1. The highest BCUT2D eigenvalue weighted by Crippen LogP contribution is 2.24. The van der Waals surface area contributed by atoms with Crippen molar-refractivity contribution in [1.82, 2.24) is 4.98 Å². The van der Waals surface area contributed by atoms with E-state index in [-0.39, 0.29) is 5.82 Å². The predicted molar refractivity (Wildman–Crippen MR) is 52.4 cm³/mol. The van der Waals surface area contributed by atoms with Crippen LogP contribution in [0.1, 0.15) is 18.1 Å². The second-order valence-electron chi connectivity index (χ2n) is 3.28. The molecular formula is C11H12FN. The summed E-state index contributed by atoms with van der Waals surface area (Å²) in [6.45, 7) is 4.02. The zero-order valence-corrected chi connectivity index (χ0v) is 7.82. The van der Waals surface area contributed by atoms with Gasteiger partial charge in [-0.2, -0.15) is 0 Å². The first-order chi connectivity index (χ1) is 6.24. The Morgan fingerprint density at radius 2 is 2.15 bits per heavy atom. The molecule has 0 atom stereocenters. The fraction of sp³-hybridized carbons (Fsp3) is 0.273. The maximum absolute atomic E-state index is 13.4. The number of benzene rings is 1. The maximum Gasteiger partial charge on any atom is 0.132 e. The number of halogens is 1. The SMILES string of the molecule is CCc1c[nH]c2c(C)ccc(F)c12. The van der Waals surface area contributed by atoms with Gasteiger partial charge in [-0.3, -0.25) is 0 Å². The number of hydrogen-bond acceptors (Lipinski definition) is 0. The number of hydrogen-bond donors (Lipinski definition) is 1. The normalized spacial score (nSPS) is 11.0. The van der Waals surface area contributed by atoms with E-state index >= 15 is 0 Å². The van der Waals surface area contributed by atoms with Gasteiger partial charge in [-0.1, -0.05) is 13.0 Å². The van der Waals surface area contributed by atoms with E-state index in [0.717, 1.165) is 28.5 Å². The molecular weight excluding hydrogens is 165 g/mol. The average Bonchev–Trinajstić information content (AvgIpc) is 2.56. The Labute approximate surface area is 76.6 Å². The molecule has 0 fully saturated rings. The van der Waals surface area contributed by atoms with Crippen LogP contribution in [-0.4, -0.2) is 4.98 Å². The fourth-order valence-corrected chi connectivity index (χ4v) is 1.69. The van der Waals surface area contributed by atoms with Crippen LogP contribution in [0.15, 0.2) is 18.3 Å². The Balaban J connectivity index is 2.87. The lowest BCUT2D eigenvalue weighted by Crippen LogP contribution is -1.83. The van der Waals surface area contributed by atoms with Crippen LogP contribution in [0.2, 0.25) is 0 Å². The van der Waals surface area contributed by atoms with Crippen molar-refractivity contribution in [3.63, 3.8) is 0 Å². The summed E-state index contributed by atoms with van der Waals surface area (Å²) in [4.78, 5) is 3.11. The predicted octanol–water partition coefficient (Wildman–Crippen LogP) is 3.18. The molecule has 0 saturated heterocycles. The average molecular weight is 177 g/mol. The summed E-state index contributed by atoms with van der Waals surface area (Å²) in [6.07, 6.45) is 2.75. The molecule has 0 aliphatic carbocycles. The summed E-state index contributed by atoms with van der Waals surface area (Å²) in [5.41, 5.74) is 3.07. The molecule has 2 heteroatoms. The van der Waals surface area contributed by atoms with Crippen LogP contribution in [0.3, 0.4) is 0 Å². The van der Waals surface area contributed by atoms with E-state index in [9.17, 15) is 4.39 Å². The maximum atomic E-state index is 13.4. The monoisotopic (exact) mass is 177 g/mol. The molecule has 0 amide bonds. The minimum Gasteiger partial charge on any atom is -0.361 e. The van der Waals surface area contributed by atoms with Crippen LogP contribution in [-0.2, 0) is 6.42 Å². The van der Waals surface area contributed by atoms with Crippen molar-refractivity contribution in [2.24, 2.45) is 0 Å². The Morgan fingerprint density at radius 3 is 2.85 bits per heavy atom. The molecule has 1 heterocycles. The molecule has 13 heavy (non-hydrogen) atoms. The van der Waals surface area contributed by atoms with E-state index in [0.29, 0.717) is 0 Å². The minimum atomic E-state index is -0.126. The number of aryl methyl sites for hydroxylation is 2. The minimum absolute atomic E-state index is 0.126. The second-order valence-corrected chi connectivity index (χ2v) is 3.28. The van der Waals surface area contributed by atoms with Crippen LogP contribution in [0, 0.1) is 12.7 Å². The number of rotatable bonds is 1. The summed E-state index contributed by atoms with van der Waals surface area (Å²) in [5, 5.41) is 0.752. The third-order valence-corrected chi connectivity index (χ3v) is 2.46. The van der Waals surface area contributed by atoms with E-state index in [1.807, 2.05) is 20.0 Å². The Bertz CT molecular complexity index is 443. The molecule has 0 aliphatic rings. The van der Waals surface area contributed by atoms with Crippen molar-refractivity contribution in [2.45, 2.75) is 20.3 Å². The summed E-state index contributed by atoms with van der Waals surface area (Å²) >= 11 is 0. The smallest absolute Gasteiger partial charge is 0.132 e. The zero-order chi connectivity index (χ0) is 9.42. The van der Waals surface area contributed by atoms with Gasteiger partial charge in [0, 0.05) is 11.6 Å². The number of aromatic amines is 1. The zero-order valence-electron chi connectivity index (χ0n) is 7.82. The number of fused-ring (bicyclic) bond motifs is 1. The largest absolute Gasteiger partial charge is 0.361 e. The van der Waals surface area contributed by atoms with Crippen molar-refractivity contribution in [1.29, 1.82) is 0 Å². The first-order valence-electron chi connectivity index (χ1n) is 4.49. The lowest BCUT2D eigenvalue weighted by Gasteiger charge is -1.98. The van der Waals surface area contributed by atoms with E-state index < -0.39 is 0 Å². The van der Waals surface area contributed by atoms with Gasteiger partial charge in [0.1, 0.15) is 5.82 Å². The van der Waals surface area contributed by atoms with Gasteiger partial charge >= 0.3 is 0 Å². The van der Waals surface area contributed by atoms with Crippen LogP contribution >= 0.6 is 0 Å². The van der Waals surface area contributed by atoms with E-state index in [4.69, 9.17) is 0 Å². The molecule has 0 aliphatic heterocycles. The summed E-state index contributed by atoms with van der Waals surface area (Å²) in [6, 6.07) is 3.33.